The standard InChI is InChI=1S/C11H13N3O4/c12-9(15)5-8(11(17)18)14-10(16)4-7-2-1-3-13-6-7/h1-3,6,8H,4-5H2,(H2,12,15)(H,14,16)(H,17,18)/t8-/m0/s1. The molecule has 0 unspecified atom stereocenters. The molecular weight excluding hydrogens is 238 g/mol. The van der Waals surface area contributed by atoms with Gasteiger partial charge in [0, 0.05) is 12.4 Å². The van der Waals surface area contributed by atoms with Gasteiger partial charge in [-0.05, 0) is 11.6 Å². The highest BCUT2D eigenvalue weighted by Crippen LogP contribution is 1.98. The molecule has 4 N–H and O–H groups in total. The highest BCUT2D eigenvalue weighted by Gasteiger charge is 2.21. The van der Waals surface area contributed by atoms with Crippen LogP contribution in [0.1, 0.15) is 12.0 Å². The Kier molecular flexibility index (Phi) is 4.79. The Balaban J connectivity index is 2.56. The van der Waals surface area contributed by atoms with E-state index >= 15 is 0 Å². The third-order valence-corrected chi connectivity index (χ3v) is 2.13. The number of carbonyl (C=O) groups is 3. The summed E-state index contributed by atoms with van der Waals surface area (Å²) in [6.45, 7) is 0. The first-order valence-electron chi connectivity index (χ1n) is 5.18. The van der Waals surface area contributed by atoms with Gasteiger partial charge in [-0.15, -0.1) is 0 Å². The number of nitrogens with zero attached hydrogens (tertiary/aromatic N) is 1. The number of primary amides is 1. The monoisotopic (exact) mass is 251 g/mol. The smallest absolute Gasteiger partial charge is 0.326 e. The molecule has 0 aliphatic heterocycles. The summed E-state index contributed by atoms with van der Waals surface area (Å²) in [7, 11) is 0. The lowest BCUT2D eigenvalue weighted by Crippen LogP contribution is -2.43. The van der Waals surface area contributed by atoms with E-state index in [0.717, 1.165) is 0 Å². The van der Waals surface area contributed by atoms with Crippen LogP contribution in [0.4, 0.5) is 0 Å². The quantitative estimate of drug-likeness (QED) is 0.602. The molecule has 0 saturated carbocycles. The van der Waals surface area contributed by atoms with Crippen molar-refractivity contribution >= 4 is 17.8 Å². The van der Waals surface area contributed by atoms with Gasteiger partial charge < -0.3 is 16.2 Å². The minimum atomic E-state index is -1.30. The lowest BCUT2D eigenvalue weighted by molar-refractivity contribution is -0.143. The normalized spacial score (nSPS) is 11.6. The molecule has 96 valence electrons. The molecule has 2 amide bonds. The number of hydrogen-bond acceptors (Lipinski definition) is 4. The van der Waals surface area contributed by atoms with Crippen LogP contribution in [0.15, 0.2) is 24.5 Å². The highest BCUT2D eigenvalue weighted by molar-refractivity contribution is 5.88. The van der Waals surface area contributed by atoms with Crippen LogP contribution in [0.3, 0.4) is 0 Å². The number of nitrogens with two attached hydrogens (primary N) is 1. The maximum absolute atomic E-state index is 11.6. The van der Waals surface area contributed by atoms with Crippen LogP contribution >= 0.6 is 0 Å². The number of carboxylic acid groups (broad SMARTS) is 1. The Bertz CT molecular complexity index is 447. The number of amides is 2. The van der Waals surface area contributed by atoms with Gasteiger partial charge in [0.05, 0.1) is 12.8 Å². The average Bonchev–Trinajstić information content (AvgIpc) is 2.28. The van der Waals surface area contributed by atoms with Gasteiger partial charge in [0.25, 0.3) is 0 Å². The molecule has 7 heteroatoms. The van der Waals surface area contributed by atoms with Gasteiger partial charge in [0.15, 0.2) is 0 Å². The van der Waals surface area contributed by atoms with Gasteiger partial charge in [-0.25, -0.2) is 4.79 Å². The van der Waals surface area contributed by atoms with E-state index in [4.69, 9.17) is 10.8 Å². The number of rotatable bonds is 6. The number of aromatic nitrogens is 1. The van der Waals surface area contributed by atoms with Crippen molar-refractivity contribution < 1.29 is 19.5 Å². The summed E-state index contributed by atoms with van der Waals surface area (Å²) in [5, 5.41) is 11.0. The topological polar surface area (TPSA) is 122 Å². The predicted octanol–water partition coefficient (Wildman–Crippen LogP) is -0.931. The molecule has 1 aromatic heterocycles. The minimum Gasteiger partial charge on any atom is -0.480 e. The van der Waals surface area contributed by atoms with Crippen LogP contribution in [0, 0.1) is 0 Å². The first kappa shape index (κ1) is 13.6. The Hall–Kier alpha value is -2.44. The first-order valence-corrected chi connectivity index (χ1v) is 5.18. The summed E-state index contributed by atoms with van der Waals surface area (Å²) >= 11 is 0. The third kappa shape index (κ3) is 4.60. The first-order chi connectivity index (χ1) is 8.49. The summed E-state index contributed by atoms with van der Waals surface area (Å²) in [5.74, 6) is -2.59. The van der Waals surface area contributed by atoms with E-state index < -0.39 is 30.2 Å². The average molecular weight is 251 g/mol. The van der Waals surface area contributed by atoms with Gasteiger partial charge in [-0.3, -0.25) is 14.6 Å². The lowest BCUT2D eigenvalue weighted by Gasteiger charge is -2.12. The molecule has 0 saturated heterocycles. The van der Waals surface area contributed by atoms with Crippen LogP contribution in [0.25, 0.3) is 0 Å². The molecule has 1 aromatic rings. The zero-order valence-corrected chi connectivity index (χ0v) is 9.50. The number of carbonyl (C=O) groups excluding carboxylic acids is 2. The van der Waals surface area contributed by atoms with Crippen LogP contribution < -0.4 is 11.1 Å². The molecule has 1 rings (SSSR count). The molecule has 18 heavy (non-hydrogen) atoms. The van der Waals surface area contributed by atoms with E-state index in [2.05, 4.69) is 10.3 Å². The van der Waals surface area contributed by atoms with Crippen molar-refractivity contribution in [3.8, 4) is 0 Å². The maximum Gasteiger partial charge on any atom is 0.326 e. The fourth-order valence-electron chi connectivity index (χ4n) is 1.33. The molecule has 7 nitrogen and oxygen atoms in total. The van der Waals surface area contributed by atoms with Gasteiger partial charge in [0.1, 0.15) is 6.04 Å². The van der Waals surface area contributed by atoms with Crippen molar-refractivity contribution in [1.82, 2.24) is 10.3 Å². The van der Waals surface area contributed by atoms with E-state index in [1.165, 1.54) is 6.20 Å². The van der Waals surface area contributed by atoms with Gasteiger partial charge in [0.2, 0.25) is 11.8 Å². The number of pyridine rings is 1. The molecule has 1 heterocycles. The number of aliphatic carboxylic acids is 1. The second-order valence-corrected chi connectivity index (χ2v) is 3.67. The van der Waals surface area contributed by atoms with Crippen LogP contribution in [-0.4, -0.2) is 33.9 Å². The van der Waals surface area contributed by atoms with Gasteiger partial charge in [-0.2, -0.15) is 0 Å². The summed E-state index contributed by atoms with van der Waals surface area (Å²) < 4.78 is 0. The van der Waals surface area contributed by atoms with Crippen molar-refractivity contribution in [2.45, 2.75) is 18.9 Å². The predicted molar refractivity (Wildman–Crippen MR) is 61.3 cm³/mol. The maximum atomic E-state index is 11.6. The van der Waals surface area contributed by atoms with Gasteiger partial charge in [-0.1, -0.05) is 6.07 Å². The zero-order chi connectivity index (χ0) is 13.5. The van der Waals surface area contributed by atoms with Crippen molar-refractivity contribution in [2.75, 3.05) is 0 Å². The van der Waals surface area contributed by atoms with E-state index in [-0.39, 0.29) is 6.42 Å². The van der Waals surface area contributed by atoms with E-state index in [1.807, 2.05) is 0 Å². The van der Waals surface area contributed by atoms with Crippen LogP contribution in [-0.2, 0) is 20.8 Å². The Morgan fingerprint density at radius 1 is 1.44 bits per heavy atom. The molecule has 0 radical (unpaired) electrons. The van der Waals surface area contributed by atoms with E-state index in [9.17, 15) is 14.4 Å². The molecule has 0 aliphatic carbocycles. The molecule has 1 atom stereocenters. The zero-order valence-electron chi connectivity index (χ0n) is 9.50. The summed E-state index contributed by atoms with van der Waals surface area (Å²) in [6.07, 6.45) is 2.63. The lowest BCUT2D eigenvalue weighted by atomic mass is 10.1. The van der Waals surface area contributed by atoms with Crippen molar-refractivity contribution in [2.24, 2.45) is 5.73 Å². The van der Waals surface area contributed by atoms with Crippen LogP contribution in [0.2, 0.25) is 0 Å². The second kappa shape index (κ2) is 6.33. The summed E-state index contributed by atoms with van der Waals surface area (Å²) in [6, 6.07) is 2.06. The molecule has 0 bridgehead atoms. The number of hydrogen-bond donors (Lipinski definition) is 3. The Morgan fingerprint density at radius 3 is 2.67 bits per heavy atom. The largest absolute Gasteiger partial charge is 0.480 e. The summed E-state index contributed by atoms with van der Waals surface area (Å²) in [5.41, 5.74) is 5.55. The fourth-order valence-corrected chi connectivity index (χ4v) is 1.33. The van der Waals surface area contributed by atoms with Gasteiger partial charge >= 0.3 is 5.97 Å². The molecular formula is C11H13N3O4. The SMILES string of the molecule is NC(=O)C[C@H](NC(=O)Cc1cccnc1)C(=O)O. The van der Waals surface area contributed by atoms with Crippen LogP contribution in [0.5, 0.6) is 0 Å². The molecule has 0 spiro atoms. The summed E-state index contributed by atoms with van der Waals surface area (Å²) in [4.78, 5) is 36.8. The second-order valence-electron chi connectivity index (χ2n) is 3.67. The van der Waals surface area contributed by atoms with Crippen molar-refractivity contribution in [3.63, 3.8) is 0 Å². The Morgan fingerprint density at radius 2 is 2.17 bits per heavy atom. The van der Waals surface area contributed by atoms with Crippen molar-refractivity contribution in [1.29, 1.82) is 0 Å². The molecule has 0 fully saturated rings. The van der Waals surface area contributed by atoms with E-state index in [0.29, 0.717) is 5.56 Å². The molecule has 0 aromatic carbocycles. The van der Waals surface area contributed by atoms with E-state index in [1.54, 1.807) is 18.3 Å². The Labute approximate surface area is 103 Å². The highest BCUT2D eigenvalue weighted by atomic mass is 16.4. The molecule has 0 aliphatic rings. The number of nitrogens with one attached hydrogen (secondary N) is 1. The third-order valence-electron chi connectivity index (χ3n) is 2.13. The minimum absolute atomic E-state index is 0.00359. The fraction of sp³-hybridized carbons (Fsp3) is 0.273. The number of carboxylic acids is 1. The van der Waals surface area contributed by atoms with Crippen molar-refractivity contribution in [3.05, 3.63) is 30.1 Å².